The minimum Gasteiger partial charge on any atom is -0.338 e. The maximum Gasteiger partial charge on any atom is 0.250 e. The van der Waals surface area contributed by atoms with Crippen LogP contribution in [0.4, 0.5) is 0 Å². The second-order valence-corrected chi connectivity index (χ2v) is 3.95. The zero-order valence-electron chi connectivity index (χ0n) is 8.69. The van der Waals surface area contributed by atoms with Crippen LogP contribution in [0.5, 0.6) is 0 Å². The van der Waals surface area contributed by atoms with Crippen LogP contribution in [0, 0.1) is 6.92 Å². The number of aromatic amines is 1. The van der Waals surface area contributed by atoms with Crippen molar-refractivity contribution in [2.45, 2.75) is 25.8 Å². The molecule has 0 unspecified atom stereocenters. The number of aromatic nitrogens is 1. The molecule has 4 nitrogen and oxygen atoms in total. The van der Waals surface area contributed by atoms with Crippen molar-refractivity contribution in [3.8, 4) is 0 Å². The lowest BCUT2D eigenvalue weighted by molar-refractivity contribution is -0.118. The Morgan fingerprint density at radius 3 is 3.07 bits per heavy atom. The fraction of sp³-hybridized carbons (Fsp3) is 0.455. The van der Waals surface area contributed by atoms with Gasteiger partial charge in [-0.05, 0) is 31.4 Å². The Morgan fingerprint density at radius 1 is 1.60 bits per heavy atom. The number of H-pyrrole nitrogens is 1. The Labute approximate surface area is 87.9 Å². The molecule has 1 saturated heterocycles. The lowest BCUT2D eigenvalue weighted by atomic mass is 10.1. The fourth-order valence-electron chi connectivity index (χ4n) is 2.09. The zero-order valence-corrected chi connectivity index (χ0v) is 8.69. The van der Waals surface area contributed by atoms with Gasteiger partial charge in [0.1, 0.15) is 0 Å². The van der Waals surface area contributed by atoms with Crippen LogP contribution >= 0.6 is 0 Å². The summed E-state index contributed by atoms with van der Waals surface area (Å²) >= 11 is 0. The first-order chi connectivity index (χ1) is 7.22. The van der Waals surface area contributed by atoms with Gasteiger partial charge in [-0.15, -0.1) is 0 Å². The number of hydrogen-bond donors (Lipinski definition) is 1. The van der Waals surface area contributed by atoms with Crippen molar-refractivity contribution in [2.24, 2.45) is 0 Å². The number of likely N-dealkylation sites (tertiary alicyclic amines) is 1. The second kappa shape index (κ2) is 3.88. The topological polar surface area (TPSA) is 53.2 Å². The lowest BCUT2D eigenvalue weighted by Crippen LogP contribution is -2.22. The number of amides is 1. The summed E-state index contributed by atoms with van der Waals surface area (Å²) in [5, 5.41) is 0. The van der Waals surface area contributed by atoms with Crippen LogP contribution < -0.4 is 5.56 Å². The molecule has 1 aliphatic rings. The first-order valence-corrected chi connectivity index (χ1v) is 5.12. The van der Waals surface area contributed by atoms with Gasteiger partial charge in [-0.2, -0.15) is 0 Å². The van der Waals surface area contributed by atoms with E-state index < -0.39 is 0 Å². The molecule has 2 heterocycles. The summed E-state index contributed by atoms with van der Waals surface area (Å²) in [5.41, 5.74) is 1.66. The molecule has 1 amide bonds. The average molecular weight is 206 g/mol. The van der Waals surface area contributed by atoms with E-state index in [0.29, 0.717) is 5.56 Å². The average Bonchev–Trinajstić information content (AvgIpc) is 2.70. The molecule has 1 aromatic rings. The summed E-state index contributed by atoms with van der Waals surface area (Å²) in [6.45, 7) is 2.59. The standard InChI is InChI=1S/C11H14N2O2/c1-8-5-9(6-12-11(8)15)10-3-2-4-13(10)7-14/h5-7,10H,2-4H2,1H3,(H,12,15)/t10-/m1/s1. The molecule has 0 saturated carbocycles. The zero-order chi connectivity index (χ0) is 10.8. The Hall–Kier alpha value is -1.58. The highest BCUT2D eigenvalue weighted by Gasteiger charge is 2.24. The highest BCUT2D eigenvalue weighted by molar-refractivity contribution is 5.49. The van der Waals surface area contributed by atoms with Crippen LogP contribution in [0.2, 0.25) is 0 Å². The molecular formula is C11H14N2O2. The van der Waals surface area contributed by atoms with Crippen molar-refractivity contribution in [3.63, 3.8) is 0 Å². The van der Waals surface area contributed by atoms with E-state index in [4.69, 9.17) is 0 Å². The van der Waals surface area contributed by atoms with Crippen molar-refractivity contribution in [1.82, 2.24) is 9.88 Å². The Kier molecular flexibility index (Phi) is 2.58. The number of carbonyl (C=O) groups excluding carboxylic acids is 1. The third-order valence-corrected chi connectivity index (χ3v) is 2.93. The Balaban J connectivity index is 2.32. The predicted molar refractivity (Wildman–Crippen MR) is 56.5 cm³/mol. The summed E-state index contributed by atoms with van der Waals surface area (Å²) in [7, 11) is 0. The molecule has 0 aliphatic carbocycles. The maximum absolute atomic E-state index is 11.2. The van der Waals surface area contributed by atoms with Crippen molar-refractivity contribution in [2.75, 3.05) is 6.54 Å². The number of hydrogen-bond acceptors (Lipinski definition) is 2. The van der Waals surface area contributed by atoms with E-state index in [1.807, 2.05) is 6.07 Å². The minimum atomic E-state index is -0.0607. The van der Waals surface area contributed by atoms with Crippen molar-refractivity contribution in [1.29, 1.82) is 0 Å². The van der Waals surface area contributed by atoms with Crippen molar-refractivity contribution in [3.05, 3.63) is 33.7 Å². The van der Waals surface area contributed by atoms with Gasteiger partial charge in [0.2, 0.25) is 6.41 Å². The fourth-order valence-corrected chi connectivity index (χ4v) is 2.09. The molecule has 80 valence electrons. The molecule has 4 heteroatoms. The SMILES string of the molecule is Cc1cc([C@H]2CCCN2C=O)c[nH]c1=O. The summed E-state index contributed by atoms with van der Waals surface area (Å²) in [6.07, 6.45) is 4.60. The second-order valence-electron chi connectivity index (χ2n) is 3.95. The number of nitrogens with one attached hydrogen (secondary N) is 1. The lowest BCUT2D eigenvalue weighted by Gasteiger charge is -2.20. The molecule has 1 aliphatic heterocycles. The molecule has 0 spiro atoms. The monoisotopic (exact) mass is 206 g/mol. The van der Waals surface area contributed by atoms with Crippen LogP contribution in [-0.4, -0.2) is 22.8 Å². The van der Waals surface area contributed by atoms with Crippen LogP contribution in [-0.2, 0) is 4.79 Å². The number of nitrogens with zero attached hydrogens (tertiary/aromatic N) is 1. The van der Waals surface area contributed by atoms with Gasteiger partial charge in [-0.1, -0.05) is 0 Å². The van der Waals surface area contributed by atoms with Crippen molar-refractivity contribution < 1.29 is 4.79 Å². The molecule has 2 rings (SSSR count). The third-order valence-electron chi connectivity index (χ3n) is 2.93. The van der Waals surface area contributed by atoms with Gasteiger partial charge < -0.3 is 9.88 Å². The third kappa shape index (κ3) is 1.79. The Bertz CT molecular complexity index is 425. The van der Waals surface area contributed by atoms with Gasteiger partial charge >= 0.3 is 0 Å². The van der Waals surface area contributed by atoms with Gasteiger partial charge in [0.25, 0.3) is 5.56 Å². The molecular weight excluding hydrogens is 192 g/mol. The molecule has 1 aromatic heterocycles. The summed E-state index contributed by atoms with van der Waals surface area (Å²) < 4.78 is 0. The van der Waals surface area contributed by atoms with Crippen LogP contribution in [0.3, 0.4) is 0 Å². The quantitative estimate of drug-likeness (QED) is 0.733. The van der Waals surface area contributed by atoms with Gasteiger partial charge in [-0.25, -0.2) is 0 Å². The molecule has 1 atom stereocenters. The molecule has 15 heavy (non-hydrogen) atoms. The van der Waals surface area contributed by atoms with Crippen LogP contribution in [0.1, 0.15) is 30.0 Å². The van der Waals surface area contributed by atoms with Gasteiger partial charge in [-0.3, -0.25) is 9.59 Å². The smallest absolute Gasteiger partial charge is 0.250 e. The van der Waals surface area contributed by atoms with E-state index in [1.165, 1.54) is 0 Å². The summed E-state index contributed by atoms with van der Waals surface area (Å²) in [5.74, 6) is 0. The summed E-state index contributed by atoms with van der Waals surface area (Å²) in [6, 6.07) is 2.00. The van der Waals surface area contributed by atoms with Crippen LogP contribution in [0.25, 0.3) is 0 Å². The highest BCUT2D eigenvalue weighted by Crippen LogP contribution is 2.29. The molecule has 0 radical (unpaired) electrons. The summed E-state index contributed by atoms with van der Waals surface area (Å²) in [4.78, 5) is 26.5. The van der Waals surface area contributed by atoms with E-state index in [9.17, 15) is 9.59 Å². The first-order valence-electron chi connectivity index (χ1n) is 5.12. The number of pyridine rings is 1. The Morgan fingerprint density at radius 2 is 2.40 bits per heavy atom. The van der Waals surface area contributed by atoms with E-state index >= 15 is 0 Å². The highest BCUT2D eigenvalue weighted by atomic mass is 16.1. The van der Waals surface area contributed by atoms with E-state index in [0.717, 1.165) is 31.4 Å². The minimum absolute atomic E-state index is 0.0607. The van der Waals surface area contributed by atoms with Gasteiger partial charge in [0.15, 0.2) is 0 Å². The first kappa shape index (κ1) is 9.96. The number of aryl methyl sites for hydroxylation is 1. The molecule has 1 N–H and O–H groups in total. The maximum atomic E-state index is 11.2. The van der Waals surface area contributed by atoms with Gasteiger partial charge in [0, 0.05) is 18.3 Å². The van der Waals surface area contributed by atoms with E-state index in [1.54, 1.807) is 18.0 Å². The van der Waals surface area contributed by atoms with Crippen LogP contribution in [0.15, 0.2) is 17.1 Å². The van der Waals surface area contributed by atoms with Crippen molar-refractivity contribution >= 4 is 6.41 Å². The largest absolute Gasteiger partial charge is 0.338 e. The number of carbonyl (C=O) groups is 1. The molecule has 0 bridgehead atoms. The number of rotatable bonds is 2. The normalized spacial score (nSPS) is 20.6. The predicted octanol–water partition coefficient (Wildman–Crippen LogP) is 0.977. The van der Waals surface area contributed by atoms with Gasteiger partial charge in [0.05, 0.1) is 6.04 Å². The molecule has 1 fully saturated rings. The van der Waals surface area contributed by atoms with E-state index in [-0.39, 0.29) is 11.6 Å². The molecule has 0 aromatic carbocycles. The van der Waals surface area contributed by atoms with E-state index in [2.05, 4.69) is 4.98 Å².